The highest BCUT2D eigenvalue weighted by Gasteiger charge is 2.07. The van der Waals surface area contributed by atoms with Gasteiger partial charge in [-0.25, -0.2) is 0 Å². The van der Waals surface area contributed by atoms with E-state index in [-0.39, 0.29) is 17.9 Å². The highest BCUT2D eigenvalue weighted by Crippen LogP contribution is 2.05. The van der Waals surface area contributed by atoms with Crippen molar-refractivity contribution in [1.29, 1.82) is 0 Å². The fourth-order valence-electron chi connectivity index (χ4n) is 1.78. The van der Waals surface area contributed by atoms with Crippen molar-refractivity contribution < 1.29 is 4.79 Å². The van der Waals surface area contributed by atoms with Crippen LogP contribution in [0.25, 0.3) is 0 Å². The summed E-state index contributed by atoms with van der Waals surface area (Å²) >= 11 is 0. The van der Waals surface area contributed by atoms with E-state index in [2.05, 4.69) is 5.32 Å². The molecule has 0 unspecified atom stereocenters. The van der Waals surface area contributed by atoms with Crippen molar-refractivity contribution in [2.45, 2.75) is 13.3 Å². The number of carbonyl (C=O) groups excluding carboxylic acids is 1. The second-order valence-corrected chi connectivity index (χ2v) is 4.55. The van der Waals surface area contributed by atoms with Gasteiger partial charge in [0.25, 0.3) is 5.56 Å². The average molecular weight is 256 g/mol. The lowest BCUT2D eigenvalue weighted by Crippen LogP contribution is -2.24. The largest absolute Gasteiger partial charge is 0.321 e. The molecule has 98 valence electrons. The van der Waals surface area contributed by atoms with Crippen molar-refractivity contribution in [3.63, 3.8) is 0 Å². The van der Waals surface area contributed by atoms with E-state index in [1.54, 1.807) is 25.4 Å². The van der Waals surface area contributed by atoms with Crippen LogP contribution in [0.1, 0.15) is 11.1 Å². The molecule has 2 aromatic rings. The first-order valence-corrected chi connectivity index (χ1v) is 6.07. The first-order chi connectivity index (χ1) is 9.06. The maximum atomic E-state index is 11.9. The molecule has 0 atom stereocenters. The number of benzene rings is 1. The number of carbonyl (C=O) groups is 1. The van der Waals surface area contributed by atoms with E-state index in [0.29, 0.717) is 5.69 Å². The first-order valence-electron chi connectivity index (χ1n) is 6.07. The zero-order valence-electron chi connectivity index (χ0n) is 11.0. The molecule has 1 heterocycles. The molecule has 0 spiro atoms. The van der Waals surface area contributed by atoms with Gasteiger partial charge in [0.1, 0.15) is 5.69 Å². The summed E-state index contributed by atoms with van der Waals surface area (Å²) in [5.74, 6) is -0.188. The maximum Gasteiger partial charge on any atom is 0.274 e. The first kappa shape index (κ1) is 13.1. The fourth-order valence-corrected chi connectivity index (χ4v) is 1.78. The van der Waals surface area contributed by atoms with Gasteiger partial charge in [-0.3, -0.25) is 9.59 Å². The Kier molecular flexibility index (Phi) is 3.80. The summed E-state index contributed by atoms with van der Waals surface area (Å²) in [5.41, 5.74) is 2.18. The molecule has 0 saturated carbocycles. The predicted octanol–water partition coefficient (Wildman–Crippen LogP) is 1.87. The number of pyridine rings is 1. The molecule has 19 heavy (non-hydrogen) atoms. The molecule has 1 aromatic carbocycles. The molecule has 4 nitrogen and oxygen atoms in total. The molecule has 0 radical (unpaired) electrons. The van der Waals surface area contributed by atoms with Crippen LogP contribution in [0, 0.1) is 6.92 Å². The monoisotopic (exact) mass is 256 g/mol. The molecule has 0 fully saturated rings. The SMILES string of the molecule is Cc1ccc(CC(=O)Nc2cccn(C)c2=O)cc1. The van der Waals surface area contributed by atoms with Gasteiger partial charge in [-0.05, 0) is 24.6 Å². The van der Waals surface area contributed by atoms with E-state index in [1.165, 1.54) is 4.57 Å². The van der Waals surface area contributed by atoms with Gasteiger partial charge < -0.3 is 9.88 Å². The van der Waals surface area contributed by atoms with Gasteiger partial charge in [-0.2, -0.15) is 0 Å². The highest BCUT2D eigenvalue weighted by molar-refractivity contribution is 5.92. The predicted molar refractivity (Wildman–Crippen MR) is 75.2 cm³/mol. The minimum Gasteiger partial charge on any atom is -0.321 e. The van der Waals surface area contributed by atoms with Crippen LogP contribution in [-0.2, 0) is 18.3 Å². The summed E-state index contributed by atoms with van der Waals surface area (Å²) in [5, 5.41) is 2.64. The third-order valence-electron chi connectivity index (χ3n) is 2.88. The smallest absolute Gasteiger partial charge is 0.274 e. The van der Waals surface area contributed by atoms with Crippen LogP contribution in [0.2, 0.25) is 0 Å². The molecular weight excluding hydrogens is 240 g/mol. The minimum absolute atomic E-state index is 0.188. The topological polar surface area (TPSA) is 51.1 Å². The number of aromatic nitrogens is 1. The third kappa shape index (κ3) is 3.31. The summed E-state index contributed by atoms with van der Waals surface area (Å²) in [4.78, 5) is 23.6. The van der Waals surface area contributed by atoms with E-state index in [1.807, 2.05) is 31.2 Å². The quantitative estimate of drug-likeness (QED) is 0.911. The molecule has 0 aliphatic heterocycles. The van der Waals surface area contributed by atoms with Crippen LogP contribution in [0.15, 0.2) is 47.4 Å². The van der Waals surface area contributed by atoms with Crippen molar-refractivity contribution in [2.24, 2.45) is 7.05 Å². The Morgan fingerprint density at radius 1 is 1.21 bits per heavy atom. The van der Waals surface area contributed by atoms with E-state index in [9.17, 15) is 9.59 Å². The number of nitrogens with one attached hydrogen (secondary N) is 1. The van der Waals surface area contributed by atoms with E-state index in [4.69, 9.17) is 0 Å². The Morgan fingerprint density at radius 2 is 1.89 bits per heavy atom. The zero-order valence-corrected chi connectivity index (χ0v) is 11.0. The summed E-state index contributed by atoms with van der Waals surface area (Å²) in [7, 11) is 1.65. The second-order valence-electron chi connectivity index (χ2n) is 4.55. The minimum atomic E-state index is -0.209. The Balaban J connectivity index is 2.07. The molecule has 2 rings (SSSR count). The van der Waals surface area contributed by atoms with Crippen LogP contribution in [0.3, 0.4) is 0 Å². The molecule has 1 amide bonds. The van der Waals surface area contributed by atoms with Crippen LogP contribution in [0.4, 0.5) is 5.69 Å². The molecule has 0 bridgehead atoms. The molecule has 0 aliphatic rings. The van der Waals surface area contributed by atoms with E-state index >= 15 is 0 Å². The number of amides is 1. The number of anilines is 1. The molecule has 0 aliphatic carbocycles. The highest BCUT2D eigenvalue weighted by atomic mass is 16.2. The second kappa shape index (κ2) is 5.52. The van der Waals surface area contributed by atoms with Crippen molar-refractivity contribution in [2.75, 3.05) is 5.32 Å². The molecule has 1 aromatic heterocycles. The van der Waals surface area contributed by atoms with Gasteiger partial charge in [0.05, 0.1) is 6.42 Å². The van der Waals surface area contributed by atoms with Crippen molar-refractivity contribution in [3.05, 3.63) is 64.1 Å². The van der Waals surface area contributed by atoms with Gasteiger partial charge in [-0.1, -0.05) is 29.8 Å². The van der Waals surface area contributed by atoms with Gasteiger partial charge in [0.2, 0.25) is 5.91 Å². The van der Waals surface area contributed by atoms with Crippen LogP contribution in [-0.4, -0.2) is 10.5 Å². The number of aryl methyl sites for hydroxylation is 2. The Labute approximate surface area is 111 Å². The Morgan fingerprint density at radius 3 is 2.58 bits per heavy atom. The van der Waals surface area contributed by atoms with Crippen molar-refractivity contribution in [3.8, 4) is 0 Å². The van der Waals surface area contributed by atoms with Gasteiger partial charge in [-0.15, -0.1) is 0 Å². The van der Waals surface area contributed by atoms with Crippen molar-refractivity contribution in [1.82, 2.24) is 4.57 Å². The lowest BCUT2D eigenvalue weighted by molar-refractivity contribution is -0.115. The van der Waals surface area contributed by atoms with Crippen LogP contribution < -0.4 is 10.9 Å². The van der Waals surface area contributed by atoms with E-state index < -0.39 is 0 Å². The van der Waals surface area contributed by atoms with Gasteiger partial charge in [0, 0.05) is 13.2 Å². The number of hydrogen-bond acceptors (Lipinski definition) is 2. The van der Waals surface area contributed by atoms with Crippen LogP contribution in [0.5, 0.6) is 0 Å². The third-order valence-corrected chi connectivity index (χ3v) is 2.88. The molecule has 1 N–H and O–H groups in total. The number of rotatable bonds is 3. The summed E-state index contributed by atoms with van der Waals surface area (Å²) in [6, 6.07) is 11.1. The zero-order chi connectivity index (χ0) is 13.8. The molecular formula is C15H16N2O2. The lowest BCUT2D eigenvalue weighted by Gasteiger charge is -2.06. The fraction of sp³-hybridized carbons (Fsp3) is 0.200. The van der Waals surface area contributed by atoms with Gasteiger partial charge >= 0.3 is 0 Å². The van der Waals surface area contributed by atoms with Gasteiger partial charge in [0.15, 0.2) is 0 Å². The van der Waals surface area contributed by atoms with Crippen molar-refractivity contribution >= 4 is 11.6 Å². The molecule has 0 saturated heterocycles. The Hall–Kier alpha value is -2.36. The van der Waals surface area contributed by atoms with Crippen LogP contribution >= 0.6 is 0 Å². The standard InChI is InChI=1S/C15H16N2O2/c1-11-5-7-12(8-6-11)10-14(18)16-13-4-3-9-17(2)15(13)19/h3-9H,10H2,1-2H3,(H,16,18). The summed E-state index contributed by atoms with van der Waals surface area (Å²) in [6.45, 7) is 2.00. The lowest BCUT2D eigenvalue weighted by atomic mass is 10.1. The molecule has 4 heteroatoms. The maximum absolute atomic E-state index is 11.9. The van der Waals surface area contributed by atoms with E-state index in [0.717, 1.165) is 11.1 Å². The average Bonchev–Trinajstić information content (AvgIpc) is 2.38. The summed E-state index contributed by atoms with van der Waals surface area (Å²) < 4.78 is 1.43. The normalized spacial score (nSPS) is 10.2. The summed E-state index contributed by atoms with van der Waals surface area (Å²) in [6.07, 6.45) is 1.91. The number of nitrogens with zero attached hydrogens (tertiary/aromatic N) is 1. The Bertz CT molecular complexity index is 642. The number of hydrogen-bond donors (Lipinski definition) is 1.